The van der Waals surface area contributed by atoms with Gasteiger partial charge in [0.1, 0.15) is 0 Å². The summed E-state index contributed by atoms with van der Waals surface area (Å²) in [5.74, 6) is 0.309. The minimum absolute atomic E-state index is 0.210. The number of hydrogen-bond donors (Lipinski definition) is 0. The van der Waals surface area contributed by atoms with Crippen LogP contribution in [0.2, 0.25) is 0 Å². The van der Waals surface area contributed by atoms with E-state index in [0.29, 0.717) is 5.92 Å². The summed E-state index contributed by atoms with van der Waals surface area (Å²) in [6, 6.07) is 87.3. The maximum atomic E-state index is 2.59. The molecule has 2 atom stereocenters. The highest BCUT2D eigenvalue weighted by molar-refractivity contribution is 7.17. The molecule has 0 N–H and O–H groups in total. The second kappa shape index (κ2) is 18.1. The number of allylic oxidation sites excluding steroid dienone is 4. The molecule has 0 bridgehead atoms. The summed E-state index contributed by atoms with van der Waals surface area (Å²) < 4.78 is 5.33. The van der Waals surface area contributed by atoms with Gasteiger partial charge in [-0.2, -0.15) is 0 Å². The molecule has 10 aromatic carbocycles. The molecule has 73 heavy (non-hydrogen) atoms. The van der Waals surface area contributed by atoms with E-state index in [9.17, 15) is 0 Å². The fourth-order valence-electron chi connectivity index (χ4n) is 11.7. The van der Waals surface area contributed by atoms with Gasteiger partial charge in [0.25, 0.3) is 0 Å². The molecule has 0 aliphatic heterocycles. The van der Waals surface area contributed by atoms with Crippen molar-refractivity contribution >= 4 is 88.8 Å². The maximum Gasteiger partial charge on any atom is 0.0567 e. The Balaban J connectivity index is 0.812. The van der Waals surface area contributed by atoms with Crippen LogP contribution in [0.15, 0.2) is 255 Å². The van der Waals surface area contributed by atoms with Crippen molar-refractivity contribution < 1.29 is 0 Å². The first-order valence-corrected chi connectivity index (χ1v) is 26.3. The van der Waals surface area contributed by atoms with Crippen molar-refractivity contribution in [1.29, 1.82) is 0 Å². The zero-order chi connectivity index (χ0) is 48.2. The average Bonchev–Trinajstić information content (AvgIpc) is 4.02. The monoisotopic (exact) mass is 950 g/mol. The third kappa shape index (κ3) is 7.72. The van der Waals surface area contributed by atoms with Crippen molar-refractivity contribution in [2.24, 2.45) is 0 Å². The second-order valence-electron chi connectivity index (χ2n) is 19.5. The Bertz CT molecular complexity index is 4260. The molecule has 0 spiro atoms. The second-order valence-corrected chi connectivity index (χ2v) is 20.6. The van der Waals surface area contributed by atoms with E-state index in [2.05, 4.69) is 276 Å². The van der Waals surface area contributed by atoms with Gasteiger partial charge in [0, 0.05) is 53.9 Å². The van der Waals surface area contributed by atoms with Gasteiger partial charge in [-0.15, -0.1) is 11.3 Å². The fraction of sp³-hybridized carbons (Fsp3) is 0.0571. The van der Waals surface area contributed by atoms with Crippen molar-refractivity contribution in [1.82, 2.24) is 4.57 Å². The van der Waals surface area contributed by atoms with Crippen LogP contribution in [0.5, 0.6) is 0 Å². The molecule has 0 radical (unpaired) electrons. The average molecular weight is 951 g/mol. The molecule has 2 heterocycles. The SMILES string of the molecule is C1=CC(c2ccc(N(c3ccc(-c4ccccc4)cc3)c3cccc(-c4cccc(-c5cccc6c5c5ccccc5n6C5C=c6c(sc7ccccc67)=CC5)c4)c3)cc2)CC=C1c1cccc2ccccc12. The van der Waals surface area contributed by atoms with Crippen molar-refractivity contribution in [3.8, 4) is 33.4 Å². The summed E-state index contributed by atoms with van der Waals surface area (Å²) in [4.78, 5) is 2.40. The van der Waals surface area contributed by atoms with Crippen LogP contribution in [0.25, 0.3) is 93.8 Å². The Morgan fingerprint density at radius 3 is 1.90 bits per heavy atom. The Labute approximate surface area is 429 Å². The Morgan fingerprint density at radius 2 is 1.07 bits per heavy atom. The molecule has 2 aliphatic carbocycles. The highest BCUT2D eigenvalue weighted by Gasteiger charge is 2.22. The quantitative estimate of drug-likeness (QED) is 0.140. The lowest BCUT2D eigenvalue weighted by atomic mass is 9.87. The zero-order valence-corrected chi connectivity index (χ0v) is 41.1. The molecule has 3 heteroatoms. The minimum atomic E-state index is 0.210. The van der Waals surface area contributed by atoms with Crippen LogP contribution in [0.1, 0.15) is 35.9 Å². The van der Waals surface area contributed by atoms with Crippen LogP contribution in [0.4, 0.5) is 17.1 Å². The molecule has 0 fully saturated rings. The fourth-order valence-corrected chi connectivity index (χ4v) is 12.8. The van der Waals surface area contributed by atoms with E-state index >= 15 is 0 Å². The van der Waals surface area contributed by atoms with Gasteiger partial charge in [-0.05, 0) is 140 Å². The molecule has 2 aromatic heterocycles. The van der Waals surface area contributed by atoms with Gasteiger partial charge < -0.3 is 9.47 Å². The molecule has 14 rings (SSSR count). The van der Waals surface area contributed by atoms with Gasteiger partial charge in [-0.1, -0.05) is 206 Å². The standard InChI is InChI=1S/C70H50N2S/c1-2-14-47(15-3-1)49-34-38-56(39-35-49)71(57-40-36-50(37-41-57)48-30-32-52(33-31-48)61-25-12-17-51-16-4-5-22-60(51)61)58-21-11-19-54(45-58)53-18-10-20-55(44-53)62-26-13-28-67-70(62)64-24-6-8-27-66(64)72(67)59-42-43-69-65(46-59)63-23-7-9-29-68(63)73-69/h1-30,32-41,43-46,48,59H,31,42H2. The number of aromatic nitrogens is 1. The summed E-state index contributed by atoms with van der Waals surface area (Å²) in [5.41, 5.74) is 17.0. The number of rotatable bonds is 9. The number of hydrogen-bond acceptors (Lipinski definition) is 2. The lowest BCUT2D eigenvalue weighted by Crippen LogP contribution is -2.25. The van der Waals surface area contributed by atoms with Crippen molar-refractivity contribution in [2.75, 3.05) is 4.90 Å². The number of fused-ring (bicyclic) bond motifs is 7. The lowest BCUT2D eigenvalue weighted by Gasteiger charge is -2.27. The first kappa shape index (κ1) is 43.1. The van der Waals surface area contributed by atoms with Gasteiger partial charge in [-0.25, -0.2) is 0 Å². The molecule has 2 aliphatic rings. The van der Waals surface area contributed by atoms with Crippen LogP contribution < -0.4 is 14.7 Å². The predicted octanol–water partition coefficient (Wildman–Crippen LogP) is 18.0. The van der Waals surface area contributed by atoms with E-state index in [-0.39, 0.29) is 6.04 Å². The molecular formula is C70H50N2S. The number of para-hydroxylation sites is 1. The molecule has 346 valence electrons. The highest BCUT2D eigenvalue weighted by Crippen LogP contribution is 2.43. The third-order valence-electron chi connectivity index (χ3n) is 15.3. The number of thiophene rings is 1. The number of anilines is 3. The van der Waals surface area contributed by atoms with Crippen LogP contribution >= 0.6 is 11.3 Å². The van der Waals surface area contributed by atoms with Crippen molar-refractivity contribution in [3.05, 3.63) is 276 Å². The summed E-state index contributed by atoms with van der Waals surface area (Å²) in [5, 5.41) is 7.89. The predicted molar refractivity (Wildman–Crippen MR) is 313 cm³/mol. The van der Waals surface area contributed by atoms with E-state index in [0.717, 1.165) is 29.9 Å². The minimum Gasteiger partial charge on any atom is -0.333 e. The van der Waals surface area contributed by atoms with Gasteiger partial charge in [-0.3, -0.25) is 0 Å². The van der Waals surface area contributed by atoms with Gasteiger partial charge in [0.2, 0.25) is 0 Å². The Kier molecular flexibility index (Phi) is 10.7. The molecular weight excluding hydrogens is 901 g/mol. The number of nitrogens with zero attached hydrogens (tertiary/aromatic N) is 2. The molecule has 0 saturated heterocycles. The summed E-state index contributed by atoms with van der Waals surface area (Å²) in [6.07, 6.45) is 14.0. The van der Waals surface area contributed by atoms with Crippen molar-refractivity contribution in [3.63, 3.8) is 0 Å². The highest BCUT2D eigenvalue weighted by atomic mass is 32.1. The summed E-state index contributed by atoms with van der Waals surface area (Å²) in [6.45, 7) is 0. The lowest BCUT2D eigenvalue weighted by molar-refractivity contribution is 0.696. The largest absolute Gasteiger partial charge is 0.333 e. The molecule has 2 unspecified atom stereocenters. The van der Waals surface area contributed by atoms with Gasteiger partial charge in [0.15, 0.2) is 0 Å². The topological polar surface area (TPSA) is 8.17 Å². The molecule has 2 nitrogen and oxygen atoms in total. The smallest absolute Gasteiger partial charge is 0.0567 e. The summed E-state index contributed by atoms with van der Waals surface area (Å²) in [7, 11) is 0. The van der Waals surface area contributed by atoms with E-state index < -0.39 is 0 Å². The van der Waals surface area contributed by atoms with E-state index in [4.69, 9.17) is 0 Å². The maximum absolute atomic E-state index is 2.59. The zero-order valence-electron chi connectivity index (χ0n) is 40.3. The van der Waals surface area contributed by atoms with Gasteiger partial charge in [0.05, 0.1) is 11.6 Å². The normalized spacial score (nSPS) is 15.3. The molecule has 12 aromatic rings. The summed E-state index contributed by atoms with van der Waals surface area (Å²) >= 11 is 1.91. The Morgan fingerprint density at radius 1 is 0.438 bits per heavy atom. The molecule has 0 amide bonds. The van der Waals surface area contributed by atoms with Gasteiger partial charge >= 0.3 is 0 Å². The van der Waals surface area contributed by atoms with E-state index in [1.165, 1.54) is 102 Å². The van der Waals surface area contributed by atoms with Crippen molar-refractivity contribution in [2.45, 2.75) is 24.8 Å². The van der Waals surface area contributed by atoms with Crippen LogP contribution in [0.3, 0.4) is 0 Å². The van der Waals surface area contributed by atoms with E-state index in [1.54, 1.807) is 0 Å². The first-order valence-electron chi connectivity index (χ1n) is 25.5. The number of benzene rings is 10. The van der Waals surface area contributed by atoms with Crippen LogP contribution in [-0.2, 0) is 0 Å². The van der Waals surface area contributed by atoms with E-state index in [1.807, 2.05) is 11.3 Å². The first-order chi connectivity index (χ1) is 36.2. The molecule has 0 saturated carbocycles. The Hall–Kier alpha value is -8.76. The third-order valence-corrected chi connectivity index (χ3v) is 16.4. The van der Waals surface area contributed by atoms with Crippen LogP contribution in [-0.4, -0.2) is 4.57 Å². The van der Waals surface area contributed by atoms with Crippen LogP contribution in [0, 0.1) is 0 Å².